The van der Waals surface area contributed by atoms with Crippen molar-refractivity contribution in [1.82, 2.24) is 0 Å². The summed E-state index contributed by atoms with van der Waals surface area (Å²) in [5, 5.41) is 0. The van der Waals surface area contributed by atoms with E-state index in [0.717, 1.165) is 12.0 Å². The van der Waals surface area contributed by atoms with E-state index in [9.17, 15) is 4.79 Å². The van der Waals surface area contributed by atoms with Crippen LogP contribution in [0, 0.1) is 22.7 Å². The normalized spacial score (nSPS) is 44.3. The number of esters is 1. The van der Waals surface area contributed by atoms with Gasteiger partial charge in [0.2, 0.25) is 0 Å². The lowest BCUT2D eigenvalue weighted by molar-refractivity contribution is -0.152. The van der Waals surface area contributed by atoms with Crippen LogP contribution < -0.4 is 0 Å². The molecule has 3 fully saturated rings. The molecule has 0 aromatic rings. The lowest BCUT2D eigenvalue weighted by Gasteiger charge is -2.59. The van der Waals surface area contributed by atoms with Crippen LogP contribution in [0.3, 0.4) is 0 Å². The predicted molar refractivity (Wildman–Crippen MR) is 103 cm³/mol. The molecule has 0 spiro atoms. The summed E-state index contributed by atoms with van der Waals surface area (Å²) in [6.07, 6.45) is 8.78. The lowest BCUT2D eigenvalue weighted by Crippen LogP contribution is -2.56. The van der Waals surface area contributed by atoms with Gasteiger partial charge in [-0.1, -0.05) is 33.8 Å². The Morgan fingerprint density at radius 3 is 2.63 bits per heavy atom. The zero-order chi connectivity index (χ0) is 19.6. The van der Waals surface area contributed by atoms with E-state index in [-0.39, 0.29) is 22.9 Å². The Kier molecular flexibility index (Phi) is 4.07. The molecule has 2 saturated carbocycles. The fourth-order valence-corrected chi connectivity index (χ4v) is 6.65. The minimum Gasteiger partial charge on any atom is -0.487 e. The van der Waals surface area contributed by atoms with Crippen molar-refractivity contribution in [2.24, 2.45) is 22.7 Å². The van der Waals surface area contributed by atoms with E-state index in [1.54, 1.807) is 19.3 Å². The lowest BCUT2D eigenvalue weighted by atomic mass is 9.45. The molecule has 1 saturated heterocycles. The Morgan fingerprint density at radius 1 is 1.22 bits per heavy atom. The summed E-state index contributed by atoms with van der Waals surface area (Å²) in [4.78, 5) is 11.6. The van der Waals surface area contributed by atoms with E-state index in [2.05, 4.69) is 34.3 Å². The molecule has 0 bridgehead atoms. The van der Waals surface area contributed by atoms with Gasteiger partial charge in [-0.3, -0.25) is 0 Å². The zero-order valence-corrected chi connectivity index (χ0v) is 17.3. The van der Waals surface area contributed by atoms with E-state index < -0.39 is 6.29 Å². The highest BCUT2D eigenvalue weighted by molar-refractivity contribution is 5.89. The van der Waals surface area contributed by atoms with Gasteiger partial charge in [0.1, 0.15) is 11.4 Å². The van der Waals surface area contributed by atoms with Crippen molar-refractivity contribution in [3.63, 3.8) is 0 Å². The second-order valence-electron chi connectivity index (χ2n) is 10.0. The van der Waals surface area contributed by atoms with Gasteiger partial charge in [-0.15, -0.1) is 0 Å². The van der Waals surface area contributed by atoms with Gasteiger partial charge in [-0.25, -0.2) is 4.79 Å². The third-order valence-electron chi connectivity index (χ3n) is 7.73. The molecule has 2 heterocycles. The Morgan fingerprint density at radius 2 is 1.96 bits per heavy atom. The number of ether oxygens (including phenoxy) is 3. The van der Waals surface area contributed by atoms with Gasteiger partial charge < -0.3 is 14.2 Å². The van der Waals surface area contributed by atoms with Gasteiger partial charge >= 0.3 is 5.97 Å². The highest BCUT2D eigenvalue weighted by Crippen LogP contribution is 2.67. The fraction of sp³-hybridized carbons (Fsp3) is 0.696. The zero-order valence-electron chi connectivity index (χ0n) is 17.3. The maximum Gasteiger partial charge on any atom is 0.336 e. The van der Waals surface area contributed by atoms with Crippen LogP contribution in [-0.2, 0) is 19.0 Å². The van der Waals surface area contributed by atoms with Crippen LogP contribution in [0.1, 0.15) is 66.7 Å². The standard InChI is InChI=1S/C23H32O4/c1-14-12-18(26-20(14)24)25-13-16-15(2)27-23(6)11-8-17-21(3,4)9-7-10-22(17,5)19(16)23/h12-13,17-19H,2,7-11H2,1,3-6H3/b16-13-/t17-,18?,19+,22-,23+/m0/s1. The molecular weight excluding hydrogens is 340 g/mol. The van der Waals surface area contributed by atoms with Crippen molar-refractivity contribution in [1.29, 1.82) is 0 Å². The monoisotopic (exact) mass is 372 g/mol. The number of carbonyl (C=O) groups is 1. The minimum absolute atomic E-state index is 0.154. The van der Waals surface area contributed by atoms with Crippen LogP contribution in [0.15, 0.2) is 35.8 Å². The van der Waals surface area contributed by atoms with Crippen molar-refractivity contribution >= 4 is 5.97 Å². The Bertz CT molecular complexity index is 745. The first kappa shape index (κ1) is 18.6. The van der Waals surface area contributed by atoms with Crippen LogP contribution in [0.4, 0.5) is 0 Å². The number of hydrogen-bond donors (Lipinski definition) is 0. The first-order valence-corrected chi connectivity index (χ1v) is 10.2. The van der Waals surface area contributed by atoms with Crippen molar-refractivity contribution in [2.45, 2.75) is 78.6 Å². The Balaban J connectivity index is 1.67. The van der Waals surface area contributed by atoms with Crippen molar-refractivity contribution in [2.75, 3.05) is 0 Å². The molecule has 148 valence electrons. The Labute approximate surface area is 162 Å². The highest BCUT2D eigenvalue weighted by Gasteiger charge is 2.63. The van der Waals surface area contributed by atoms with Crippen LogP contribution in [0.2, 0.25) is 0 Å². The van der Waals surface area contributed by atoms with Crippen LogP contribution in [0.5, 0.6) is 0 Å². The smallest absolute Gasteiger partial charge is 0.336 e. The second-order valence-corrected chi connectivity index (χ2v) is 10.0. The third-order valence-corrected chi connectivity index (χ3v) is 7.73. The number of fused-ring (bicyclic) bond motifs is 3. The maximum atomic E-state index is 11.6. The molecule has 1 unspecified atom stereocenters. The molecule has 4 heteroatoms. The summed E-state index contributed by atoms with van der Waals surface area (Å²) in [5.74, 6) is 1.29. The molecule has 4 aliphatic rings. The SMILES string of the molecule is C=C1O[C@]2(C)CC[C@H]3C(C)(C)CCC[C@]3(C)[C@H]2/C1=C\OC1C=C(C)C(=O)O1. The number of allylic oxidation sites excluding steroid dienone is 1. The van der Waals surface area contributed by atoms with Crippen LogP contribution in [0.25, 0.3) is 0 Å². The van der Waals surface area contributed by atoms with Gasteiger partial charge in [0.25, 0.3) is 6.29 Å². The fourth-order valence-electron chi connectivity index (χ4n) is 6.65. The number of hydrogen-bond acceptors (Lipinski definition) is 4. The minimum atomic E-state index is -0.653. The molecular formula is C23H32O4. The third kappa shape index (κ3) is 2.75. The Hall–Kier alpha value is -1.71. The van der Waals surface area contributed by atoms with Gasteiger partial charge in [0.15, 0.2) is 0 Å². The molecule has 2 aliphatic carbocycles. The van der Waals surface area contributed by atoms with E-state index >= 15 is 0 Å². The van der Waals surface area contributed by atoms with Crippen LogP contribution >= 0.6 is 0 Å². The summed E-state index contributed by atoms with van der Waals surface area (Å²) < 4.78 is 17.4. The summed E-state index contributed by atoms with van der Waals surface area (Å²) in [6.45, 7) is 15.4. The molecule has 0 aromatic heterocycles. The number of carbonyl (C=O) groups excluding carboxylic acids is 1. The van der Waals surface area contributed by atoms with Crippen molar-refractivity contribution < 1.29 is 19.0 Å². The van der Waals surface area contributed by atoms with Gasteiger partial charge in [0, 0.05) is 23.1 Å². The summed E-state index contributed by atoms with van der Waals surface area (Å²) in [5.41, 5.74) is 1.88. The molecule has 4 nitrogen and oxygen atoms in total. The topological polar surface area (TPSA) is 44.8 Å². The molecule has 0 N–H and O–H groups in total. The molecule has 4 rings (SSSR count). The maximum absolute atomic E-state index is 11.6. The van der Waals surface area contributed by atoms with Crippen molar-refractivity contribution in [3.05, 3.63) is 35.8 Å². The van der Waals surface area contributed by atoms with Gasteiger partial charge in [0.05, 0.1) is 6.26 Å². The first-order chi connectivity index (χ1) is 12.6. The quantitative estimate of drug-likeness (QED) is 0.490. The van der Waals surface area contributed by atoms with E-state index in [1.165, 1.54) is 25.7 Å². The molecule has 0 amide bonds. The van der Waals surface area contributed by atoms with E-state index in [1.807, 2.05) is 0 Å². The summed E-state index contributed by atoms with van der Waals surface area (Å²) in [7, 11) is 0. The number of cyclic esters (lactones) is 1. The van der Waals surface area contributed by atoms with Crippen molar-refractivity contribution in [3.8, 4) is 0 Å². The second kappa shape index (κ2) is 5.89. The largest absolute Gasteiger partial charge is 0.487 e. The average molecular weight is 373 g/mol. The molecule has 5 atom stereocenters. The molecule has 0 aromatic carbocycles. The van der Waals surface area contributed by atoms with E-state index in [0.29, 0.717) is 22.7 Å². The van der Waals surface area contributed by atoms with Gasteiger partial charge in [-0.05, 0) is 56.3 Å². The molecule has 0 radical (unpaired) electrons. The van der Waals surface area contributed by atoms with Gasteiger partial charge in [-0.2, -0.15) is 0 Å². The number of rotatable bonds is 2. The molecule has 27 heavy (non-hydrogen) atoms. The summed E-state index contributed by atoms with van der Waals surface area (Å²) >= 11 is 0. The average Bonchev–Trinajstić information content (AvgIpc) is 3.00. The highest BCUT2D eigenvalue weighted by atomic mass is 16.7. The first-order valence-electron chi connectivity index (χ1n) is 10.2. The van der Waals surface area contributed by atoms with Crippen LogP contribution in [-0.4, -0.2) is 17.9 Å². The van der Waals surface area contributed by atoms with E-state index in [4.69, 9.17) is 14.2 Å². The summed E-state index contributed by atoms with van der Waals surface area (Å²) in [6, 6.07) is 0. The predicted octanol–water partition coefficient (Wildman–Crippen LogP) is 5.26. The molecule has 2 aliphatic heterocycles.